The van der Waals surface area contributed by atoms with Crippen molar-refractivity contribution in [3.05, 3.63) is 69.8 Å². The van der Waals surface area contributed by atoms with Crippen molar-refractivity contribution in [3.8, 4) is 11.1 Å². The molecule has 1 aromatic carbocycles. The Balaban J connectivity index is 1.98. The summed E-state index contributed by atoms with van der Waals surface area (Å²) in [4.78, 5) is 28.9. The highest BCUT2D eigenvalue weighted by atomic mass is 79.9. The molecule has 1 N–H and O–H groups in total. The number of pyridine rings is 1. The lowest BCUT2D eigenvalue weighted by Gasteiger charge is -2.09. The van der Waals surface area contributed by atoms with E-state index in [-0.39, 0.29) is 12.5 Å². The van der Waals surface area contributed by atoms with Crippen LogP contribution in [-0.4, -0.2) is 23.5 Å². The molecule has 0 spiro atoms. The Kier molecular flexibility index (Phi) is 5.80. The van der Waals surface area contributed by atoms with E-state index in [9.17, 15) is 9.59 Å². The van der Waals surface area contributed by atoms with Crippen LogP contribution < -0.4 is 5.32 Å². The number of nitrogens with zero attached hydrogens (tertiary/aromatic N) is 1. The lowest BCUT2D eigenvalue weighted by atomic mass is 10.0. The Morgan fingerprint density at radius 1 is 1.23 bits per heavy atom. The van der Waals surface area contributed by atoms with Gasteiger partial charge in [0, 0.05) is 27.8 Å². The lowest BCUT2D eigenvalue weighted by Crippen LogP contribution is -2.15. The van der Waals surface area contributed by atoms with E-state index in [0.717, 1.165) is 15.6 Å². The molecule has 1 amide bonds. The number of aromatic nitrogens is 1. The van der Waals surface area contributed by atoms with Gasteiger partial charge in [-0.2, -0.15) is 0 Å². The molecule has 132 valence electrons. The third kappa shape index (κ3) is 4.00. The minimum Gasteiger partial charge on any atom is -0.462 e. The summed E-state index contributed by atoms with van der Waals surface area (Å²) in [5, 5.41) is 5.09. The molecule has 2 heterocycles. The molecule has 0 bridgehead atoms. The van der Waals surface area contributed by atoms with Gasteiger partial charge in [0.15, 0.2) is 0 Å². The van der Waals surface area contributed by atoms with Gasteiger partial charge >= 0.3 is 5.97 Å². The Bertz CT molecular complexity index is 924. The molecule has 26 heavy (non-hydrogen) atoms. The van der Waals surface area contributed by atoms with E-state index >= 15 is 0 Å². The van der Waals surface area contributed by atoms with Crippen molar-refractivity contribution < 1.29 is 14.3 Å². The number of anilines is 1. The Labute approximate surface area is 163 Å². The number of hydrogen-bond donors (Lipinski definition) is 1. The van der Waals surface area contributed by atoms with E-state index in [0.29, 0.717) is 16.1 Å². The summed E-state index contributed by atoms with van der Waals surface area (Å²) >= 11 is 4.69. The summed E-state index contributed by atoms with van der Waals surface area (Å²) in [5.41, 5.74) is 2.37. The standard InChI is InChI=1S/C19H15BrN2O3S/c1-2-25-19(24)16-15(12-5-7-14(20)8-6-12)11-26-18(16)22-17(23)13-4-3-9-21-10-13/h3-11H,2H2,1H3,(H,22,23). The summed E-state index contributed by atoms with van der Waals surface area (Å²) in [5.74, 6) is -0.791. The molecule has 3 aromatic rings. The first-order valence-corrected chi connectivity index (χ1v) is 9.53. The van der Waals surface area contributed by atoms with Crippen molar-refractivity contribution in [2.75, 3.05) is 11.9 Å². The quantitative estimate of drug-likeness (QED) is 0.578. The van der Waals surface area contributed by atoms with Crippen molar-refractivity contribution in [1.29, 1.82) is 0 Å². The van der Waals surface area contributed by atoms with Crippen molar-refractivity contribution in [1.82, 2.24) is 4.98 Å². The van der Waals surface area contributed by atoms with Crippen molar-refractivity contribution in [2.45, 2.75) is 6.92 Å². The predicted molar refractivity (Wildman–Crippen MR) is 106 cm³/mol. The molecule has 0 aliphatic rings. The first kappa shape index (κ1) is 18.3. The van der Waals surface area contributed by atoms with Gasteiger partial charge in [-0.05, 0) is 36.8 Å². The smallest absolute Gasteiger partial charge is 0.341 e. The van der Waals surface area contributed by atoms with Gasteiger partial charge in [0.05, 0.1) is 12.2 Å². The largest absolute Gasteiger partial charge is 0.462 e. The van der Waals surface area contributed by atoms with Crippen LogP contribution in [0.3, 0.4) is 0 Å². The van der Waals surface area contributed by atoms with E-state index in [4.69, 9.17) is 4.74 Å². The number of carbonyl (C=O) groups excluding carboxylic acids is 2. The van der Waals surface area contributed by atoms with Crippen LogP contribution in [-0.2, 0) is 4.74 Å². The van der Waals surface area contributed by atoms with Crippen LogP contribution in [0.4, 0.5) is 5.00 Å². The summed E-state index contributed by atoms with van der Waals surface area (Å²) in [6.45, 7) is 2.00. The molecule has 0 radical (unpaired) electrons. The first-order valence-electron chi connectivity index (χ1n) is 7.86. The molecular weight excluding hydrogens is 416 g/mol. The monoisotopic (exact) mass is 430 g/mol. The maximum Gasteiger partial charge on any atom is 0.341 e. The summed E-state index contributed by atoms with van der Waals surface area (Å²) in [6, 6.07) is 11.0. The lowest BCUT2D eigenvalue weighted by molar-refractivity contribution is 0.0529. The Morgan fingerprint density at radius 3 is 2.65 bits per heavy atom. The van der Waals surface area contributed by atoms with E-state index in [1.165, 1.54) is 17.5 Å². The van der Waals surface area contributed by atoms with Gasteiger partial charge in [-0.15, -0.1) is 11.3 Å². The van der Waals surface area contributed by atoms with Crippen molar-refractivity contribution >= 4 is 44.1 Å². The van der Waals surface area contributed by atoms with Gasteiger partial charge in [-0.25, -0.2) is 4.79 Å². The highest BCUT2D eigenvalue weighted by Gasteiger charge is 2.23. The van der Waals surface area contributed by atoms with Gasteiger partial charge in [0.1, 0.15) is 10.6 Å². The summed E-state index contributed by atoms with van der Waals surface area (Å²) in [7, 11) is 0. The van der Waals surface area contributed by atoms with Crippen molar-refractivity contribution in [3.63, 3.8) is 0 Å². The number of esters is 1. The number of amides is 1. The topological polar surface area (TPSA) is 68.3 Å². The minimum atomic E-state index is -0.465. The molecule has 0 fully saturated rings. The number of halogens is 1. The van der Waals surface area contributed by atoms with Crippen LogP contribution in [0.25, 0.3) is 11.1 Å². The zero-order valence-corrected chi connectivity index (χ0v) is 16.3. The average Bonchev–Trinajstić information content (AvgIpc) is 3.07. The highest BCUT2D eigenvalue weighted by molar-refractivity contribution is 9.10. The van der Waals surface area contributed by atoms with Gasteiger partial charge < -0.3 is 10.1 Å². The molecular formula is C19H15BrN2O3S. The van der Waals surface area contributed by atoms with Crippen LogP contribution in [0.2, 0.25) is 0 Å². The molecule has 7 heteroatoms. The zero-order valence-electron chi connectivity index (χ0n) is 13.9. The van der Waals surface area contributed by atoms with Crippen molar-refractivity contribution in [2.24, 2.45) is 0 Å². The van der Waals surface area contributed by atoms with E-state index < -0.39 is 5.97 Å². The second-order valence-electron chi connectivity index (χ2n) is 5.28. The summed E-state index contributed by atoms with van der Waals surface area (Å²) < 4.78 is 6.14. The summed E-state index contributed by atoms with van der Waals surface area (Å²) in [6.07, 6.45) is 3.07. The normalized spacial score (nSPS) is 10.4. The minimum absolute atomic E-state index is 0.254. The number of rotatable bonds is 5. The maximum absolute atomic E-state index is 12.5. The second kappa shape index (κ2) is 8.25. The third-order valence-electron chi connectivity index (χ3n) is 3.58. The number of hydrogen-bond acceptors (Lipinski definition) is 5. The Hall–Kier alpha value is -2.51. The molecule has 5 nitrogen and oxygen atoms in total. The fourth-order valence-corrected chi connectivity index (χ4v) is 3.59. The van der Waals surface area contributed by atoms with Gasteiger partial charge in [0.25, 0.3) is 5.91 Å². The second-order valence-corrected chi connectivity index (χ2v) is 7.07. The van der Waals surface area contributed by atoms with E-state index in [1.54, 1.807) is 25.3 Å². The Morgan fingerprint density at radius 2 is 2.00 bits per heavy atom. The molecule has 2 aromatic heterocycles. The molecule has 0 atom stereocenters. The number of carbonyl (C=O) groups is 2. The molecule has 0 unspecified atom stereocenters. The van der Waals surface area contributed by atoms with Gasteiger partial charge in [-0.3, -0.25) is 9.78 Å². The third-order valence-corrected chi connectivity index (χ3v) is 5.00. The van der Waals surface area contributed by atoms with E-state index in [1.807, 2.05) is 29.6 Å². The molecule has 0 saturated carbocycles. The molecule has 3 rings (SSSR count). The highest BCUT2D eigenvalue weighted by Crippen LogP contribution is 2.36. The number of ether oxygens (including phenoxy) is 1. The fourth-order valence-electron chi connectivity index (χ4n) is 2.37. The maximum atomic E-state index is 12.5. The van der Waals surface area contributed by atoms with Gasteiger partial charge in [0.2, 0.25) is 0 Å². The molecule has 0 saturated heterocycles. The molecule has 0 aliphatic carbocycles. The average molecular weight is 431 g/mol. The number of thiophene rings is 1. The van der Waals surface area contributed by atoms with Crippen LogP contribution in [0.15, 0.2) is 58.6 Å². The first-order chi connectivity index (χ1) is 12.6. The van der Waals surface area contributed by atoms with E-state index in [2.05, 4.69) is 26.2 Å². The predicted octanol–water partition coefficient (Wildman–Crippen LogP) is 5.00. The van der Waals surface area contributed by atoms with Crippen LogP contribution >= 0.6 is 27.3 Å². The molecule has 0 aliphatic heterocycles. The zero-order chi connectivity index (χ0) is 18.5. The SMILES string of the molecule is CCOC(=O)c1c(-c2ccc(Br)cc2)csc1NC(=O)c1cccnc1. The number of benzene rings is 1. The van der Waals surface area contributed by atoms with Crippen LogP contribution in [0, 0.1) is 0 Å². The van der Waals surface area contributed by atoms with Crippen LogP contribution in [0.1, 0.15) is 27.6 Å². The fraction of sp³-hybridized carbons (Fsp3) is 0.105. The van der Waals surface area contributed by atoms with Crippen LogP contribution in [0.5, 0.6) is 0 Å². The van der Waals surface area contributed by atoms with Gasteiger partial charge in [-0.1, -0.05) is 28.1 Å². The number of nitrogens with one attached hydrogen (secondary N) is 1.